The molecule has 2 aromatic carbocycles. The molecule has 1 fully saturated rings. The minimum Gasteiger partial charge on any atom is -0.382 e. The topological polar surface area (TPSA) is 70.0 Å². The average molecular weight is 452 g/mol. The Balaban J connectivity index is 1.56. The van der Waals surface area contributed by atoms with Crippen molar-refractivity contribution in [2.24, 2.45) is 0 Å². The van der Waals surface area contributed by atoms with Gasteiger partial charge in [0.1, 0.15) is 0 Å². The van der Waals surface area contributed by atoms with Gasteiger partial charge in [-0.3, -0.25) is 9.59 Å². The maximum absolute atomic E-state index is 13.8. The Bertz CT molecular complexity index is 1170. The molecule has 2 aromatic rings. The van der Waals surface area contributed by atoms with Gasteiger partial charge in [-0.25, -0.2) is 0 Å². The van der Waals surface area contributed by atoms with Crippen molar-refractivity contribution in [3.8, 4) is 6.07 Å². The molecule has 0 heterocycles. The highest BCUT2D eigenvalue weighted by Gasteiger charge is 2.35. The highest BCUT2D eigenvalue weighted by Crippen LogP contribution is 2.35. The molecule has 4 nitrogen and oxygen atoms in total. The number of carbonyl (C=O) groups excluding carboxylic acids is 2. The molecule has 2 aliphatic rings. The predicted octanol–water partition coefficient (Wildman–Crippen LogP) is 5.80. The number of anilines is 1. The molecule has 0 radical (unpaired) electrons. The van der Waals surface area contributed by atoms with Crippen molar-refractivity contribution in [3.63, 3.8) is 0 Å². The Labute approximate surface area is 190 Å². The molecule has 0 aromatic heterocycles. The third-order valence-corrected chi connectivity index (χ3v) is 6.30. The summed E-state index contributed by atoms with van der Waals surface area (Å²) in [6.45, 7) is 0. The van der Waals surface area contributed by atoms with Crippen LogP contribution in [0.15, 0.2) is 48.0 Å². The van der Waals surface area contributed by atoms with Crippen LogP contribution < -0.4 is 5.32 Å². The molecule has 170 valence electrons. The van der Waals surface area contributed by atoms with Crippen LogP contribution in [0.4, 0.5) is 18.9 Å². The van der Waals surface area contributed by atoms with E-state index in [1.807, 2.05) is 6.07 Å². The largest absolute Gasteiger partial charge is 0.416 e. The number of alkyl halides is 3. The number of benzene rings is 2. The fourth-order valence-electron chi connectivity index (χ4n) is 4.56. The van der Waals surface area contributed by atoms with Crippen LogP contribution in [0.5, 0.6) is 0 Å². The van der Waals surface area contributed by atoms with E-state index in [2.05, 4.69) is 5.32 Å². The highest BCUT2D eigenvalue weighted by molar-refractivity contribution is 6.27. The van der Waals surface area contributed by atoms with E-state index < -0.39 is 29.7 Å². The number of nitrogens with one attached hydrogen (secondary N) is 1. The summed E-state index contributed by atoms with van der Waals surface area (Å²) < 4.78 is 41.4. The van der Waals surface area contributed by atoms with Crippen LogP contribution in [-0.2, 0) is 23.8 Å². The SMILES string of the molecule is N#Cc1ccc2c(c1)C(=O)C(C(=O)Cc1ccc(NC3CCCCC3)cc1C(F)(F)F)=CC2. The molecule has 0 atom stereocenters. The normalized spacial score (nSPS) is 16.5. The van der Waals surface area contributed by atoms with Crippen molar-refractivity contribution in [2.45, 2.75) is 57.2 Å². The average Bonchev–Trinajstić information content (AvgIpc) is 2.80. The van der Waals surface area contributed by atoms with Crippen LogP contribution in [0.2, 0.25) is 0 Å². The lowest BCUT2D eigenvalue weighted by Crippen LogP contribution is -2.23. The van der Waals surface area contributed by atoms with Gasteiger partial charge in [0, 0.05) is 23.7 Å². The highest BCUT2D eigenvalue weighted by atomic mass is 19.4. The number of nitriles is 1. The van der Waals surface area contributed by atoms with Gasteiger partial charge in [0.2, 0.25) is 0 Å². The number of nitrogens with zero attached hydrogens (tertiary/aromatic N) is 1. The van der Waals surface area contributed by atoms with E-state index in [-0.39, 0.29) is 28.3 Å². The van der Waals surface area contributed by atoms with Gasteiger partial charge in [-0.05, 0) is 54.7 Å². The third kappa shape index (κ3) is 5.00. The summed E-state index contributed by atoms with van der Waals surface area (Å²) >= 11 is 0. The first kappa shape index (κ1) is 22.8. The van der Waals surface area contributed by atoms with E-state index in [9.17, 15) is 22.8 Å². The van der Waals surface area contributed by atoms with Crippen LogP contribution in [0.25, 0.3) is 0 Å². The second-order valence-corrected chi connectivity index (χ2v) is 8.58. The van der Waals surface area contributed by atoms with Gasteiger partial charge in [-0.2, -0.15) is 18.4 Å². The summed E-state index contributed by atoms with van der Waals surface area (Å²) in [5.41, 5.74) is 0.454. The second-order valence-electron chi connectivity index (χ2n) is 8.58. The van der Waals surface area contributed by atoms with Crippen molar-refractivity contribution in [3.05, 3.63) is 75.9 Å². The number of halogens is 3. The molecule has 0 bridgehead atoms. The number of hydrogen-bond donors (Lipinski definition) is 1. The minimum absolute atomic E-state index is 0.130. The third-order valence-electron chi connectivity index (χ3n) is 6.30. The van der Waals surface area contributed by atoms with Crippen LogP contribution >= 0.6 is 0 Å². The molecule has 1 saturated carbocycles. The Morgan fingerprint density at radius 3 is 2.55 bits per heavy atom. The molecule has 0 amide bonds. The number of hydrogen-bond acceptors (Lipinski definition) is 4. The summed E-state index contributed by atoms with van der Waals surface area (Å²) in [7, 11) is 0. The van der Waals surface area contributed by atoms with Crippen molar-refractivity contribution < 1.29 is 22.8 Å². The fraction of sp³-hybridized carbons (Fsp3) is 0.346. The first-order valence-electron chi connectivity index (χ1n) is 11.0. The van der Waals surface area contributed by atoms with Gasteiger partial charge >= 0.3 is 6.18 Å². The van der Waals surface area contributed by atoms with Crippen molar-refractivity contribution in [1.29, 1.82) is 5.26 Å². The van der Waals surface area contributed by atoms with Crippen LogP contribution in [0, 0.1) is 11.3 Å². The molecule has 0 aliphatic heterocycles. The van der Waals surface area contributed by atoms with Crippen LogP contribution in [-0.4, -0.2) is 17.6 Å². The maximum Gasteiger partial charge on any atom is 0.416 e. The zero-order valence-corrected chi connectivity index (χ0v) is 18.0. The molecule has 4 rings (SSSR count). The van der Waals surface area contributed by atoms with E-state index in [0.717, 1.165) is 38.2 Å². The molecule has 33 heavy (non-hydrogen) atoms. The van der Waals surface area contributed by atoms with Crippen molar-refractivity contribution >= 4 is 17.3 Å². The quantitative estimate of drug-likeness (QED) is 0.582. The zero-order valence-electron chi connectivity index (χ0n) is 18.0. The van der Waals surface area contributed by atoms with Gasteiger partial charge < -0.3 is 5.32 Å². The standard InChI is InChI=1S/C26H23F3N2O2/c27-26(28,29)23-14-20(31-19-4-2-1-3-5-19)10-8-18(23)13-24(32)21-11-9-17-7-6-16(15-30)12-22(17)25(21)33/h6-8,10-12,14,19,31H,1-5,9,13H2. The number of carbonyl (C=O) groups is 2. The molecule has 0 spiro atoms. The zero-order chi connectivity index (χ0) is 23.6. The Morgan fingerprint density at radius 1 is 1.09 bits per heavy atom. The maximum atomic E-state index is 13.8. The lowest BCUT2D eigenvalue weighted by Gasteiger charge is -2.25. The smallest absolute Gasteiger partial charge is 0.382 e. The van der Waals surface area contributed by atoms with E-state index in [1.165, 1.54) is 18.2 Å². The number of ketones is 2. The van der Waals surface area contributed by atoms with E-state index >= 15 is 0 Å². The van der Waals surface area contributed by atoms with Gasteiger partial charge in [-0.15, -0.1) is 0 Å². The van der Waals surface area contributed by atoms with Crippen molar-refractivity contribution in [1.82, 2.24) is 0 Å². The Morgan fingerprint density at radius 2 is 1.85 bits per heavy atom. The van der Waals surface area contributed by atoms with Crippen molar-refractivity contribution in [2.75, 3.05) is 5.32 Å². The van der Waals surface area contributed by atoms with Gasteiger partial charge in [0.05, 0.1) is 22.8 Å². The molecule has 1 N–H and O–H groups in total. The number of allylic oxidation sites excluding steroid dienone is 2. The van der Waals surface area contributed by atoms with Gasteiger partial charge in [-0.1, -0.05) is 37.5 Å². The van der Waals surface area contributed by atoms with E-state index in [4.69, 9.17) is 5.26 Å². The summed E-state index contributed by atoms with van der Waals surface area (Å²) in [5, 5.41) is 12.3. The molecular formula is C26H23F3N2O2. The van der Waals surface area contributed by atoms with Crippen LogP contribution in [0.3, 0.4) is 0 Å². The van der Waals surface area contributed by atoms with E-state index in [0.29, 0.717) is 17.7 Å². The number of rotatable bonds is 5. The lowest BCUT2D eigenvalue weighted by molar-refractivity contribution is -0.138. The predicted molar refractivity (Wildman–Crippen MR) is 118 cm³/mol. The molecule has 7 heteroatoms. The van der Waals surface area contributed by atoms with Gasteiger partial charge in [0.25, 0.3) is 0 Å². The van der Waals surface area contributed by atoms with E-state index in [1.54, 1.807) is 18.2 Å². The first-order valence-corrected chi connectivity index (χ1v) is 11.0. The Hall–Kier alpha value is -3.40. The summed E-state index contributed by atoms with van der Waals surface area (Å²) in [6, 6.07) is 10.7. The first-order chi connectivity index (χ1) is 15.8. The fourth-order valence-corrected chi connectivity index (χ4v) is 4.56. The van der Waals surface area contributed by atoms with Gasteiger partial charge in [0.15, 0.2) is 11.6 Å². The minimum atomic E-state index is -4.63. The number of fused-ring (bicyclic) bond motifs is 1. The number of Topliss-reactive ketones (excluding diaryl/α,β-unsaturated/α-hetero) is 2. The summed E-state index contributed by atoms with van der Waals surface area (Å²) in [6.07, 6.45) is 1.72. The Kier molecular flexibility index (Phi) is 6.37. The molecule has 2 aliphatic carbocycles. The van der Waals surface area contributed by atoms with Crippen LogP contribution in [0.1, 0.15) is 64.7 Å². The lowest BCUT2D eigenvalue weighted by atomic mass is 9.85. The second kappa shape index (κ2) is 9.22. The molecule has 0 saturated heterocycles. The summed E-state index contributed by atoms with van der Waals surface area (Å²) in [5.74, 6) is -1.21. The molecular weight excluding hydrogens is 429 g/mol. The molecule has 0 unspecified atom stereocenters. The monoisotopic (exact) mass is 452 g/mol. The summed E-state index contributed by atoms with van der Waals surface area (Å²) in [4.78, 5) is 25.7.